The Morgan fingerprint density at radius 2 is 2.00 bits per heavy atom. The third-order valence-corrected chi connectivity index (χ3v) is 6.58. The predicted molar refractivity (Wildman–Crippen MR) is 97.1 cm³/mol. The van der Waals surface area contributed by atoms with E-state index in [9.17, 15) is 0 Å². The molecule has 0 aliphatic carbocycles. The Balaban J connectivity index is 1.40. The van der Waals surface area contributed by atoms with Crippen molar-refractivity contribution < 1.29 is 4.74 Å². The summed E-state index contributed by atoms with van der Waals surface area (Å²) in [6, 6.07) is 6.66. The van der Waals surface area contributed by atoms with Crippen LogP contribution in [0.15, 0.2) is 34.3 Å². The third kappa shape index (κ3) is 3.86. The Hall–Kier alpha value is -0.720. The highest BCUT2D eigenvalue weighted by atomic mass is 32.1. The van der Waals surface area contributed by atoms with E-state index in [4.69, 9.17) is 4.74 Å². The molecule has 2 saturated heterocycles. The second kappa shape index (κ2) is 7.03. The predicted octanol–water partition coefficient (Wildman–Crippen LogP) is 3.53. The highest BCUT2D eigenvalue weighted by Gasteiger charge is 2.41. The molecule has 2 fully saturated rings. The molecule has 4 rings (SSSR count). The van der Waals surface area contributed by atoms with E-state index in [0.717, 1.165) is 32.8 Å². The van der Waals surface area contributed by atoms with Crippen LogP contribution < -0.4 is 0 Å². The number of rotatable bonds is 4. The first kappa shape index (κ1) is 15.8. The van der Waals surface area contributed by atoms with Crippen molar-refractivity contribution in [2.75, 3.05) is 39.4 Å². The Morgan fingerprint density at radius 1 is 1.09 bits per heavy atom. The molecule has 0 N–H and O–H groups in total. The van der Waals surface area contributed by atoms with Crippen LogP contribution in [0.25, 0.3) is 0 Å². The zero-order valence-corrected chi connectivity index (χ0v) is 15.1. The van der Waals surface area contributed by atoms with Crippen LogP contribution in [0, 0.1) is 5.41 Å². The zero-order valence-electron chi connectivity index (χ0n) is 13.4. The first-order valence-corrected chi connectivity index (χ1v) is 10.2. The van der Waals surface area contributed by atoms with Gasteiger partial charge in [0.2, 0.25) is 0 Å². The Morgan fingerprint density at radius 3 is 2.78 bits per heavy atom. The summed E-state index contributed by atoms with van der Waals surface area (Å²) < 4.78 is 6.00. The lowest BCUT2D eigenvalue weighted by molar-refractivity contribution is 0.0707. The molecule has 2 aromatic rings. The van der Waals surface area contributed by atoms with Gasteiger partial charge in [-0.15, -0.1) is 11.3 Å². The number of hydrogen-bond acceptors (Lipinski definition) is 5. The van der Waals surface area contributed by atoms with E-state index in [0.29, 0.717) is 5.41 Å². The molecule has 2 aromatic heterocycles. The number of thiophene rings is 2. The Labute approximate surface area is 146 Å². The van der Waals surface area contributed by atoms with E-state index < -0.39 is 0 Å². The molecule has 2 aliphatic heterocycles. The second-order valence-corrected chi connectivity index (χ2v) is 8.75. The average molecular weight is 349 g/mol. The molecule has 0 aromatic carbocycles. The van der Waals surface area contributed by atoms with Crippen LogP contribution >= 0.6 is 22.7 Å². The van der Waals surface area contributed by atoms with Crippen LogP contribution in [0.1, 0.15) is 16.9 Å². The van der Waals surface area contributed by atoms with Gasteiger partial charge in [-0.3, -0.25) is 9.80 Å². The fourth-order valence-corrected chi connectivity index (χ4v) is 5.30. The van der Waals surface area contributed by atoms with Crippen molar-refractivity contribution in [2.24, 2.45) is 5.41 Å². The fraction of sp³-hybridized carbons (Fsp3) is 0.556. The maximum Gasteiger partial charge on any atom is 0.0593 e. The molecule has 1 spiro atoms. The van der Waals surface area contributed by atoms with Gasteiger partial charge in [-0.25, -0.2) is 0 Å². The summed E-state index contributed by atoms with van der Waals surface area (Å²) in [6.45, 7) is 8.57. The van der Waals surface area contributed by atoms with Crippen molar-refractivity contribution in [1.82, 2.24) is 9.80 Å². The van der Waals surface area contributed by atoms with Gasteiger partial charge in [-0.1, -0.05) is 6.07 Å². The van der Waals surface area contributed by atoms with Gasteiger partial charge in [0.1, 0.15) is 0 Å². The van der Waals surface area contributed by atoms with E-state index >= 15 is 0 Å². The lowest BCUT2D eigenvalue weighted by Crippen LogP contribution is -2.40. The third-order valence-electron chi connectivity index (χ3n) is 4.98. The lowest BCUT2D eigenvalue weighted by atomic mass is 9.87. The molecule has 4 heterocycles. The minimum Gasteiger partial charge on any atom is -0.379 e. The van der Waals surface area contributed by atoms with E-state index in [1.165, 1.54) is 36.5 Å². The van der Waals surface area contributed by atoms with Crippen LogP contribution in [0.4, 0.5) is 0 Å². The van der Waals surface area contributed by atoms with Crippen molar-refractivity contribution in [2.45, 2.75) is 19.5 Å². The molecule has 0 saturated carbocycles. The first-order chi connectivity index (χ1) is 11.3. The minimum absolute atomic E-state index is 0.323. The molecule has 0 bridgehead atoms. The van der Waals surface area contributed by atoms with E-state index in [1.54, 1.807) is 11.3 Å². The van der Waals surface area contributed by atoms with Crippen LogP contribution in [-0.4, -0.2) is 49.2 Å². The van der Waals surface area contributed by atoms with Gasteiger partial charge < -0.3 is 4.74 Å². The average Bonchev–Trinajstić information content (AvgIpc) is 3.25. The van der Waals surface area contributed by atoms with Crippen LogP contribution in [0.3, 0.4) is 0 Å². The summed E-state index contributed by atoms with van der Waals surface area (Å²) in [5, 5.41) is 6.63. The van der Waals surface area contributed by atoms with Gasteiger partial charge in [-0.2, -0.15) is 11.3 Å². The van der Waals surface area contributed by atoms with Gasteiger partial charge in [0.25, 0.3) is 0 Å². The largest absolute Gasteiger partial charge is 0.379 e. The minimum atomic E-state index is 0.323. The Bertz CT molecular complexity index is 599. The normalized spacial score (nSPS) is 26.8. The molecule has 124 valence electrons. The van der Waals surface area contributed by atoms with Gasteiger partial charge in [-0.05, 0) is 46.8 Å². The van der Waals surface area contributed by atoms with E-state index in [-0.39, 0.29) is 0 Å². The smallest absolute Gasteiger partial charge is 0.0593 e. The molecule has 0 amide bonds. The van der Waals surface area contributed by atoms with Crippen LogP contribution in [0.5, 0.6) is 0 Å². The molecule has 5 heteroatoms. The molecule has 2 aliphatic rings. The van der Waals surface area contributed by atoms with Crippen LogP contribution in [0.2, 0.25) is 0 Å². The van der Waals surface area contributed by atoms with Crippen molar-refractivity contribution >= 4 is 22.7 Å². The summed E-state index contributed by atoms with van der Waals surface area (Å²) in [5.41, 5.74) is 1.77. The molecule has 1 atom stereocenters. The number of ether oxygens (including phenoxy) is 1. The SMILES string of the molecule is c1csc(CN2CC[C@@]3(COCCN(Cc4ccsc4)C3)C2)c1. The monoisotopic (exact) mass is 348 g/mol. The standard InChI is InChI=1S/C18H24N2OS2/c1-2-17(23-8-1)11-19-5-4-18(13-19)14-20(6-7-21-15-18)10-16-3-9-22-12-16/h1-3,8-9,12H,4-7,10-11,13-15H2/t18-/m1/s1. The van der Waals surface area contributed by atoms with Crippen molar-refractivity contribution in [3.8, 4) is 0 Å². The maximum absolute atomic E-state index is 6.00. The first-order valence-electron chi connectivity index (χ1n) is 8.37. The Kier molecular flexibility index (Phi) is 4.83. The summed E-state index contributed by atoms with van der Waals surface area (Å²) in [5.74, 6) is 0. The molecule has 23 heavy (non-hydrogen) atoms. The molecular formula is C18H24N2OS2. The molecular weight excluding hydrogens is 324 g/mol. The fourth-order valence-electron chi connectivity index (χ4n) is 3.89. The van der Waals surface area contributed by atoms with E-state index in [2.05, 4.69) is 44.1 Å². The van der Waals surface area contributed by atoms with Gasteiger partial charge >= 0.3 is 0 Å². The number of likely N-dealkylation sites (tertiary alicyclic amines) is 1. The second-order valence-electron chi connectivity index (χ2n) is 6.93. The maximum atomic E-state index is 6.00. The number of nitrogens with zero attached hydrogens (tertiary/aromatic N) is 2. The summed E-state index contributed by atoms with van der Waals surface area (Å²) in [7, 11) is 0. The lowest BCUT2D eigenvalue weighted by Gasteiger charge is -2.31. The quantitative estimate of drug-likeness (QED) is 0.841. The zero-order chi connectivity index (χ0) is 15.5. The van der Waals surface area contributed by atoms with Gasteiger partial charge in [0, 0.05) is 43.0 Å². The van der Waals surface area contributed by atoms with Gasteiger partial charge in [0.15, 0.2) is 0 Å². The summed E-state index contributed by atoms with van der Waals surface area (Å²) in [4.78, 5) is 6.69. The number of hydrogen-bond donors (Lipinski definition) is 0. The van der Waals surface area contributed by atoms with E-state index in [1.807, 2.05) is 11.3 Å². The molecule has 0 unspecified atom stereocenters. The highest BCUT2D eigenvalue weighted by Crippen LogP contribution is 2.35. The van der Waals surface area contributed by atoms with Gasteiger partial charge in [0.05, 0.1) is 13.2 Å². The molecule has 0 radical (unpaired) electrons. The van der Waals surface area contributed by atoms with Crippen molar-refractivity contribution in [3.05, 3.63) is 44.8 Å². The van der Waals surface area contributed by atoms with Crippen LogP contribution in [-0.2, 0) is 17.8 Å². The molecule has 3 nitrogen and oxygen atoms in total. The highest BCUT2D eigenvalue weighted by molar-refractivity contribution is 7.09. The summed E-state index contributed by atoms with van der Waals surface area (Å²) in [6.07, 6.45) is 1.26. The summed E-state index contributed by atoms with van der Waals surface area (Å²) >= 11 is 3.66. The topological polar surface area (TPSA) is 15.7 Å². The van der Waals surface area contributed by atoms with Crippen molar-refractivity contribution in [3.63, 3.8) is 0 Å². The van der Waals surface area contributed by atoms with Crippen molar-refractivity contribution in [1.29, 1.82) is 0 Å².